The van der Waals surface area contributed by atoms with Crippen LogP contribution in [0.4, 0.5) is 0 Å². The van der Waals surface area contributed by atoms with E-state index in [4.69, 9.17) is 23.2 Å². The molecule has 0 aliphatic rings. The summed E-state index contributed by atoms with van der Waals surface area (Å²) in [6.07, 6.45) is 0. The van der Waals surface area contributed by atoms with Crippen LogP contribution < -0.4 is 0 Å². The zero-order chi connectivity index (χ0) is 9.42. The Morgan fingerprint density at radius 1 is 1.38 bits per heavy atom. The van der Waals surface area contributed by atoms with E-state index in [1.165, 1.54) is 15.0 Å². The largest absolute Gasteiger partial charge is 0.139 e. The predicted molar refractivity (Wildman–Crippen MR) is 69.1 cm³/mol. The molecule has 4 heteroatoms. The van der Waals surface area contributed by atoms with Crippen molar-refractivity contribution < 1.29 is 0 Å². The minimum Gasteiger partial charge on any atom is -0.139 e. The van der Waals surface area contributed by atoms with Gasteiger partial charge in [-0.1, -0.05) is 11.6 Å². The number of fused-ring (bicyclic) bond motifs is 1. The molecular weight excluding hydrogens is 338 g/mol. The fraction of sp³-hybridized carbons (Fsp3) is 0.111. The molecule has 0 atom stereocenters. The summed E-state index contributed by atoms with van der Waals surface area (Å²) in [4.78, 5) is 1.19. The lowest BCUT2D eigenvalue weighted by Gasteiger charge is -1.95. The minimum absolute atomic E-state index is 0.576. The van der Waals surface area contributed by atoms with Crippen LogP contribution in [0.1, 0.15) is 4.88 Å². The van der Waals surface area contributed by atoms with E-state index in [9.17, 15) is 0 Å². The Kier molecular flexibility index (Phi) is 3.03. The lowest BCUT2D eigenvalue weighted by Crippen LogP contribution is -1.73. The van der Waals surface area contributed by atoms with Gasteiger partial charge < -0.3 is 0 Å². The average molecular weight is 343 g/mol. The second kappa shape index (κ2) is 3.93. The van der Waals surface area contributed by atoms with E-state index in [1.54, 1.807) is 11.3 Å². The second-order valence-corrected chi connectivity index (χ2v) is 5.54. The van der Waals surface area contributed by atoms with Crippen LogP contribution in [0.3, 0.4) is 0 Å². The van der Waals surface area contributed by atoms with Crippen molar-refractivity contribution in [1.82, 2.24) is 0 Å². The Morgan fingerprint density at radius 2 is 2.15 bits per heavy atom. The van der Waals surface area contributed by atoms with Gasteiger partial charge in [0.1, 0.15) is 0 Å². The van der Waals surface area contributed by atoms with Gasteiger partial charge in [-0.3, -0.25) is 0 Å². The molecule has 0 aliphatic carbocycles. The van der Waals surface area contributed by atoms with Gasteiger partial charge in [0.05, 0.1) is 10.9 Å². The zero-order valence-electron chi connectivity index (χ0n) is 6.48. The monoisotopic (exact) mass is 342 g/mol. The third-order valence-electron chi connectivity index (χ3n) is 1.77. The Balaban J connectivity index is 2.76. The average Bonchev–Trinajstić information content (AvgIpc) is 2.55. The van der Waals surface area contributed by atoms with Gasteiger partial charge >= 0.3 is 0 Å². The molecule has 0 saturated heterocycles. The first kappa shape index (κ1) is 10.0. The summed E-state index contributed by atoms with van der Waals surface area (Å²) >= 11 is 15.8. The third-order valence-corrected chi connectivity index (χ3v) is 5.11. The molecule has 0 aliphatic heterocycles. The number of rotatable bonds is 1. The first-order chi connectivity index (χ1) is 6.22. The molecule has 0 fully saturated rings. The molecule has 68 valence electrons. The molecule has 2 aromatic rings. The number of thiophene rings is 1. The van der Waals surface area contributed by atoms with Crippen LogP contribution in [0.15, 0.2) is 18.2 Å². The fourth-order valence-corrected chi connectivity index (χ4v) is 3.31. The van der Waals surface area contributed by atoms with Crippen molar-refractivity contribution in [3.05, 3.63) is 31.7 Å². The van der Waals surface area contributed by atoms with E-state index in [1.807, 2.05) is 12.1 Å². The number of benzene rings is 1. The van der Waals surface area contributed by atoms with Gasteiger partial charge in [-0.05, 0) is 40.8 Å². The first-order valence-corrected chi connectivity index (χ1v) is 6.45. The Morgan fingerprint density at radius 3 is 2.85 bits per heavy atom. The summed E-state index contributed by atoms with van der Waals surface area (Å²) in [5.41, 5.74) is 0. The maximum Gasteiger partial charge on any atom is 0.0568 e. The van der Waals surface area contributed by atoms with Gasteiger partial charge in [0.25, 0.3) is 0 Å². The Bertz CT molecular complexity index is 450. The molecule has 0 unspecified atom stereocenters. The molecule has 1 aromatic heterocycles. The highest BCUT2D eigenvalue weighted by atomic mass is 127. The third kappa shape index (κ3) is 1.82. The molecule has 0 spiro atoms. The number of alkyl halides is 1. The van der Waals surface area contributed by atoms with Gasteiger partial charge in [-0.25, -0.2) is 0 Å². The highest BCUT2D eigenvalue weighted by molar-refractivity contribution is 14.1. The number of hydrogen-bond donors (Lipinski definition) is 0. The van der Waals surface area contributed by atoms with Crippen molar-refractivity contribution in [2.45, 2.75) is 5.88 Å². The minimum atomic E-state index is 0.576. The number of hydrogen-bond acceptors (Lipinski definition) is 1. The van der Waals surface area contributed by atoms with Crippen LogP contribution in [-0.4, -0.2) is 0 Å². The standard InChI is InChI=1S/C9H5Cl2IS/c10-4-5-3-6-8(13-5)2-1-7(11)9(6)12/h1-3H,4H2. The molecule has 1 aromatic carbocycles. The normalized spacial score (nSPS) is 11.0. The SMILES string of the molecule is ClCc1cc2c(I)c(Cl)ccc2s1. The van der Waals surface area contributed by atoms with Crippen molar-refractivity contribution in [2.24, 2.45) is 0 Å². The van der Waals surface area contributed by atoms with Crippen LogP contribution in [0.2, 0.25) is 5.02 Å². The van der Waals surface area contributed by atoms with E-state index < -0.39 is 0 Å². The molecule has 0 amide bonds. The fourth-order valence-electron chi connectivity index (χ4n) is 1.17. The Hall–Kier alpha value is 0.490. The van der Waals surface area contributed by atoms with E-state index in [0.29, 0.717) is 5.88 Å². The molecule has 13 heavy (non-hydrogen) atoms. The summed E-state index contributed by atoms with van der Waals surface area (Å²) in [7, 11) is 0. The van der Waals surface area contributed by atoms with Crippen molar-refractivity contribution in [1.29, 1.82) is 0 Å². The van der Waals surface area contributed by atoms with Crippen LogP contribution in [0.5, 0.6) is 0 Å². The Labute approximate surface area is 104 Å². The van der Waals surface area contributed by atoms with Gasteiger partial charge in [-0.15, -0.1) is 22.9 Å². The van der Waals surface area contributed by atoms with E-state index in [0.717, 1.165) is 8.59 Å². The number of halogens is 3. The zero-order valence-corrected chi connectivity index (χ0v) is 11.0. The second-order valence-electron chi connectivity index (χ2n) is 2.62. The lowest BCUT2D eigenvalue weighted by molar-refractivity contribution is 1.54. The van der Waals surface area contributed by atoms with Crippen LogP contribution >= 0.6 is 57.1 Å². The summed E-state index contributed by atoms with van der Waals surface area (Å²) in [5, 5.41) is 2.03. The van der Waals surface area contributed by atoms with Gasteiger partial charge in [0.2, 0.25) is 0 Å². The van der Waals surface area contributed by atoms with Gasteiger partial charge in [0, 0.05) is 18.5 Å². The van der Waals surface area contributed by atoms with Crippen molar-refractivity contribution in [3.8, 4) is 0 Å². The summed E-state index contributed by atoms with van der Waals surface area (Å²) in [5.74, 6) is 0.576. The maximum absolute atomic E-state index is 6.00. The van der Waals surface area contributed by atoms with Crippen LogP contribution in [0.25, 0.3) is 10.1 Å². The molecule has 0 nitrogen and oxygen atoms in total. The summed E-state index contributed by atoms with van der Waals surface area (Å²) in [6.45, 7) is 0. The molecule has 0 radical (unpaired) electrons. The lowest BCUT2D eigenvalue weighted by atomic mass is 10.2. The predicted octanol–water partition coefficient (Wildman–Crippen LogP) is 4.90. The quantitative estimate of drug-likeness (QED) is 0.511. The first-order valence-electron chi connectivity index (χ1n) is 3.65. The van der Waals surface area contributed by atoms with Crippen molar-refractivity contribution >= 4 is 67.2 Å². The topological polar surface area (TPSA) is 0 Å². The van der Waals surface area contributed by atoms with Crippen LogP contribution in [-0.2, 0) is 5.88 Å². The van der Waals surface area contributed by atoms with E-state index in [-0.39, 0.29) is 0 Å². The van der Waals surface area contributed by atoms with Crippen molar-refractivity contribution in [3.63, 3.8) is 0 Å². The molecule has 0 N–H and O–H groups in total. The van der Waals surface area contributed by atoms with Gasteiger partial charge in [0.15, 0.2) is 0 Å². The molecule has 0 saturated carbocycles. The smallest absolute Gasteiger partial charge is 0.0568 e. The molecule has 0 bridgehead atoms. The highest BCUT2D eigenvalue weighted by Crippen LogP contribution is 2.33. The maximum atomic E-state index is 6.00. The summed E-state index contributed by atoms with van der Waals surface area (Å²) in [6, 6.07) is 6.08. The molecular formula is C9H5Cl2IS. The van der Waals surface area contributed by atoms with Crippen LogP contribution in [0, 0.1) is 3.57 Å². The van der Waals surface area contributed by atoms with Gasteiger partial charge in [-0.2, -0.15) is 0 Å². The van der Waals surface area contributed by atoms with Crippen molar-refractivity contribution in [2.75, 3.05) is 0 Å². The van der Waals surface area contributed by atoms with E-state index >= 15 is 0 Å². The highest BCUT2D eigenvalue weighted by Gasteiger charge is 2.06. The molecule has 2 rings (SSSR count). The van der Waals surface area contributed by atoms with E-state index in [2.05, 4.69) is 28.7 Å². The molecule has 1 heterocycles. The summed E-state index contributed by atoms with van der Waals surface area (Å²) < 4.78 is 2.37.